The van der Waals surface area contributed by atoms with Crippen LogP contribution >= 0.6 is 0 Å². The zero-order chi connectivity index (χ0) is 18.6. The summed E-state index contributed by atoms with van der Waals surface area (Å²) < 4.78 is 12.0. The third kappa shape index (κ3) is 2.40. The molecule has 1 fully saturated rings. The van der Waals surface area contributed by atoms with Crippen molar-refractivity contribution in [3.63, 3.8) is 0 Å². The van der Waals surface area contributed by atoms with Gasteiger partial charge in [-0.2, -0.15) is 0 Å². The summed E-state index contributed by atoms with van der Waals surface area (Å²) in [6.07, 6.45) is -0.851. The van der Waals surface area contributed by atoms with Crippen LogP contribution in [0.25, 0.3) is 0 Å². The van der Waals surface area contributed by atoms with Gasteiger partial charge in [-0.15, -0.1) is 0 Å². The van der Waals surface area contributed by atoms with E-state index in [2.05, 4.69) is 0 Å². The van der Waals surface area contributed by atoms with Crippen LogP contribution in [0.2, 0.25) is 0 Å². The van der Waals surface area contributed by atoms with E-state index >= 15 is 0 Å². The topological polar surface area (TPSA) is 76.1 Å². The molecule has 1 aromatic rings. The van der Waals surface area contributed by atoms with E-state index in [-0.39, 0.29) is 11.7 Å². The number of ether oxygens (including phenoxy) is 2. The summed E-state index contributed by atoms with van der Waals surface area (Å²) in [4.78, 5) is 26.6. The first-order valence-electron chi connectivity index (χ1n) is 8.20. The number of benzene rings is 1. The fraction of sp³-hybridized carbons (Fsp3) is 0.474. The number of carbonyl (C=O) groups excluding carboxylic acids is 2. The van der Waals surface area contributed by atoms with E-state index in [0.29, 0.717) is 16.9 Å². The van der Waals surface area contributed by atoms with Crippen LogP contribution < -0.4 is 0 Å². The Morgan fingerprint density at radius 3 is 2.32 bits per heavy atom. The molecule has 0 aromatic heterocycles. The molecule has 25 heavy (non-hydrogen) atoms. The third-order valence-corrected chi connectivity index (χ3v) is 4.97. The smallest absolute Gasteiger partial charge is 0.235 e. The van der Waals surface area contributed by atoms with Gasteiger partial charge in [-0.05, 0) is 26.3 Å². The third-order valence-electron chi connectivity index (χ3n) is 4.97. The lowest BCUT2D eigenvalue weighted by atomic mass is 9.74. The van der Waals surface area contributed by atoms with Gasteiger partial charge in [0.05, 0.1) is 5.57 Å². The second kappa shape index (κ2) is 5.68. The van der Waals surface area contributed by atoms with E-state index in [1.165, 1.54) is 18.7 Å². The molecule has 0 bridgehead atoms. The van der Waals surface area contributed by atoms with Crippen LogP contribution in [0.3, 0.4) is 0 Å². The fourth-order valence-corrected chi connectivity index (χ4v) is 4.00. The highest BCUT2D eigenvalue weighted by molar-refractivity contribution is 5.96. The Labute approximate surface area is 147 Å². The minimum Gasteiger partial charge on any atom is -0.482 e. The molecule has 2 aliphatic heterocycles. The molecule has 6 nitrogen and oxygen atoms in total. The van der Waals surface area contributed by atoms with Gasteiger partial charge in [0.2, 0.25) is 5.91 Å². The van der Waals surface area contributed by atoms with Gasteiger partial charge in [0, 0.05) is 14.1 Å². The number of rotatable bonds is 3. The largest absolute Gasteiger partial charge is 0.482 e. The van der Waals surface area contributed by atoms with Gasteiger partial charge in [-0.25, -0.2) is 0 Å². The lowest BCUT2D eigenvalue weighted by Crippen LogP contribution is -2.52. The van der Waals surface area contributed by atoms with Crippen LogP contribution in [0.15, 0.2) is 41.7 Å². The summed E-state index contributed by atoms with van der Waals surface area (Å²) in [6.45, 7) is 4.57. The second-order valence-electron chi connectivity index (χ2n) is 7.01. The molecule has 0 spiro atoms. The summed E-state index contributed by atoms with van der Waals surface area (Å²) in [5.41, 5.74) is -0.233. The zero-order valence-electron chi connectivity index (χ0n) is 15.1. The van der Waals surface area contributed by atoms with Crippen molar-refractivity contribution >= 4 is 11.7 Å². The van der Waals surface area contributed by atoms with Gasteiger partial charge in [-0.3, -0.25) is 9.59 Å². The number of allylic oxidation sites excluding steroid dienone is 1. The molecule has 1 saturated heterocycles. The Balaban J connectivity index is 2.26. The van der Waals surface area contributed by atoms with Gasteiger partial charge >= 0.3 is 0 Å². The molecule has 0 radical (unpaired) electrons. The Hall–Kier alpha value is -2.18. The van der Waals surface area contributed by atoms with Crippen LogP contribution in [-0.2, 0) is 24.7 Å². The number of carbonyl (C=O) groups is 2. The monoisotopic (exact) mass is 345 g/mol. The number of ketones is 1. The molecule has 0 saturated carbocycles. The Kier molecular flexibility index (Phi) is 4.00. The fourth-order valence-electron chi connectivity index (χ4n) is 4.00. The molecule has 2 aliphatic rings. The molecule has 6 heteroatoms. The van der Waals surface area contributed by atoms with Gasteiger partial charge in [0.15, 0.2) is 17.2 Å². The van der Waals surface area contributed by atoms with E-state index in [0.717, 1.165) is 0 Å². The minimum absolute atomic E-state index is 0.200. The highest BCUT2D eigenvalue weighted by atomic mass is 16.7. The van der Waals surface area contributed by atoms with E-state index < -0.39 is 23.4 Å². The number of hydrogen-bond donors (Lipinski definition) is 1. The molecule has 0 unspecified atom stereocenters. The predicted octanol–water partition coefficient (Wildman–Crippen LogP) is 1.59. The Bertz CT molecular complexity index is 752. The van der Waals surface area contributed by atoms with Crippen molar-refractivity contribution in [1.29, 1.82) is 0 Å². The van der Waals surface area contributed by atoms with Crippen molar-refractivity contribution in [2.24, 2.45) is 5.92 Å². The normalized spacial score (nSPS) is 33.8. The van der Waals surface area contributed by atoms with Crippen LogP contribution in [0.4, 0.5) is 0 Å². The molecule has 1 amide bonds. The van der Waals surface area contributed by atoms with Crippen molar-refractivity contribution in [2.45, 2.75) is 38.3 Å². The van der Waals surface area contributed by atoms with Gasteiger partial charge in [0.1, 0.15) is 17.8 Å². The molecule has 1 aromatic carbocycles. The summed E-state index contributed by atoms with van der Waals surface area (Å²) >= 11 is 0. The molecular weight excluding hydrogens is 322 g/mol. The number of hydrogen-bond acceptors (Lipinski definition) is 5. The van der Waals surface area contributed by atoms with Gasteiger partial charge in [-0.1, -0.05) is 30.3 Å². The van der Waals surface area contributed by atoms with Crippen molar-refractivity contribution in [3.05, 3.63) is 47.2 Å². The summed E-state index contributed by atoms with van der Waals surface area (Å²) in [5.74, 6) is -2.89. The van der Waals surface area contributed by atoms with Crippen molar-refractivity contribution in [2.75, 3.05) is 14.1 Å². The second-order valence-corrected chi connectivity index (χ2v) is 7.01. The quantitative estimate of drug-likeness (QED) is 0.900. The number of fused-ring (bicyclic) bond motifs is 1. The molecule has 0 aliphatic carbocycles. The zero-order valence-corrected chi connectivity index (χ0v) is 15.1. The first-order chi connectivity index (χ1) is 11.6. The number of amides is 1. The minimum atomic E-state index is -1.77. The maximum Gasteiger partial charge on any atom is 0.235 e. The lowest BCUT2D eigenvalue weighted by Gasteiger charge is -2.37. The molecule has 4 atom stereocenters. The average Bonchev–Trinajstić information content (AvgIpc) is 2.92. The van der Waals surface area contributed by atoms with Crippen LogP contribution in [0, 0.1) is 5.92 Å². The first kappa shape index (κ1) is 17.6. The Morgan fingerprint density at radius 1 is 1.20 bits per heavy atom. The average molecular weight is 345 g/mol. The Morgan fingerprint density at radius 2 is 1.80 bits per heavy atom. The maximum absolute atomic E-state index is 13.0. The first-order valence-corrected chi connectivity index (χ1v) is 8.20. The lowest BCUT2D eigenvalue weighted by molar-refractivity contribution is -0.199. The SMILES string of the molecule is CC(=O)C1=C(C)O[C@]2(c3ccccc3)[C@H]1O[C@@](C)(O)[C@H]2C(=O)N(C)C. The van der Waals surface area contributed by atoms with Gasteiger partial charge < -0.3 is 19.5 Å². The number of nitrogens with zero attached hydrogens (tertiary/aromatic N) is 1. The summed E-state index contributed by atoms with van der Waals surface area (Å²) in [7, 11) is 3.23. The standard InChI is InChI=1S/C19H23NO5/c1-11(21)14-12(2)24-19(13-9-7-6-8-10-13)15(17(22)20(4)5)18(3,23)25-16(14)19/h6-10,15-16,23H,1-5H3/t15-,16+,18-,19+/m1/s1. The van der Waals surface area contributed by atoms with Crippen LogP contribution in [-0.4, -0.2) is 47.7 Å². The van der Waals surface area contributed by atoms with E-state index in [1.54, 1.807) is 21.0 Å². The maximum atomic E-state index is 13.0. The molecule has 2 heterocycles. The van der Waals surface area contributed by atoms with Crippen LogP contribution in [0.5, 0.6) is 0 Å². The van der Waals surface area contributed by atoms with Crippen LogP contribution in [0.1, 0.15) is 26.3 Å². The molecule has 1 N–H and O–H groups in total. The molecule has 134 valence electrons. The number of aliphatic hydroxyl groups is 1. The summed E-state index contributed by atoms with van der Waals surface area (Å²) in [6, 6.07) is 9.16. The summed E-state index contributed by atoms with van der Waals surface area (Å²) in [5, 5.41) is 10.9. The van der Waals surface area contributed by atoms with E-state index in [4.69, 9.17) is 9.47 Å². The van der Waals surface area contributed by atoms with Crippen molar-refractivity contribution in [1.82, 2.24) is 4.90 Å². The van der Waals surface area contributed by atoms with E-state index in [9.17, 15) is 14.7 Å². The predicted molar refractivity (Wildman–Crippen MR) is 90.3 cm³/mol. The van der Waals surface area contributed by atoms with Crippen molar-refractivity contribution < 1.29 is 24.2 Å². The highest BCUT2D eigenvalue weighted by Crippen LogP contribution is 2.58. The van der Waals surface area contributed by atoms with Crippen molar-refractivity contribution in [3.8, 4) is 0 Å². The number of Topliss-reactive ketones (excluding diaryl/α,β-unsaturated/α-hetero) is 1. The van der Waals surface area contributed by atoms with E-state index in [1.807, 2.05) is 30.3 Å². The highest BCUT2D eigenvalue weighted by Gasteiger charge is 2.71. The molecule has 3 rings (SSSR count). The van der Waals surface area contributed by atoms with Gasteiger partial charge in [0.25, 0.3) is 0 Å². The molecular formula is C19H23NO5.